The zero-order chi connectivity index (χ0) is 25.7. The average Bonchev–Trinajstić information content (AvgIpc) is 3.60. The van der Waals surface area contributed by atoms with E-state index < -0.39 is 12.1 Å². The zero-order valence-electron chi connectivity index (χ0n) is 20.4. The molecule has 2 aliphatic carbocycles. The fraction of sp³-hybridized carbons (Fsp3) is 0.290. The highest BCUT2D eigenvalue weighted by atomic mass is 16.5. The van der Waals surface area contributed by atoms with Crippen LogP contribution in [0.4, 0.5) is 5.69 Å². The molecule has 3 aromatic carbocycles. The van der Waals surface area contributed by atoms with Crippen LogP contribution in [0.3, 0.4) is 0 Å². The summed E-state index contributed by atoms with van der Waals surface area (Å²) in [5.74, 6) is -1.03. The summed E-state index contributed by atoms with van der Waals surface area (Å²) in [5, 5.41) is 0. The molecule has 6 atom stereocenters. The molecule has 6 rings (SSSR count). The van der Waals surface area contributed by atoms with Crippen LogP contribution in [0.25, 0.3) is 0 Å². The summed E-state index contributed by atoms with van der Waals surface area (Å²) in [6, 6.07) is 25.2. The van der Waals surface area contributed by atoms with Crippen molar-refractivity contribution in [2.24, 2.45) is 23.7 Å². The van der Waals surface area contributed by atoms with Gasteiger partial charge < -0.3 is 4.74 Å². The van der Waals surface area contributed by atoms with E-state index in [4.69, 9.17) is 4.74 Å². The topological polar surface area (TPSA) is 80.8 Å². The minimum absolute atomic E-state index is 0.133. The predicted molar refractivity (Wildman–Crippen MR) is 137 cm³/mol. The lowest BCUT2D eigenvalue weighted by molar-refractivity contribution is -0.123. The maximum absolute atomic E-state index is 13.5. The van der Waals surface area contributed by atoms with Crippen molar-refractivity contribution in [2.45, 2.75) is 31.8 Å². The molecule has 6 heteroatoms. The van der Waals surface area contributed by atoms with E-state index in [0.717, 1.165) is 12.8 Å². The maximum Gasteiger partial charge on any atom is 0.338 e. The van der Waals surface area contributed by atoms with Gasteiger partial charge in [0.1, 0.15) is 0 Å². The Morgan fingerprint density at radius 1 is 0.784 bits per heavy atom. The summed E-state index contributed by atoms with van der Waals surface area (Å²) in [6.07, 6.45) is 0.918. The molecule has 3 fully saturated rings. The van der Waals surface area contributed by atoms with Crippen LogP contribution in [-0.4, -0.2) is 29.7 Å². The highest BCUT2D eigenvalue weighted by molar-refractivity contribution is 6.22. The molecule has 0 N–H and O–H groups in total. The lowest BCUT2D eigenvalue weighted by Gasteiger charge is -2.28. The highest BCUT2D eigenvalue weighted by Crippen LogP contribution is 2.61. The van der Waals surface area contributed by atoms with Gasteiger partial charge in [-0.3, -0.25) is 19.3 Å². The third-order valence-corrected chi connectivity index (χ3v) is 8.32. The molecule has 2 amide bonds. The molecule has 0 radical (unpaired) electrons. The fourth-order valence-electron chi connectivity index (χ4n) is 6.66. The Balaban J connectivity index is 1.16. The van der Waals surface area contributed by atoms with Crippen LogP contribution >= 0.6 is 0 Å². The van der Waals surface area contributed by atoms with E-state index >= 15 is 0 Å². The van der Waals surface area contributed by atoms with Gasteiger partial charge in [0, 0.05) is 5.56 Å². The number of carbonyl (C=O) groups excluding carboxylic acids is 4. The minimum atomic E-state index is -0.941. The number of amides is 2. The van der Waals surface area contributed by atoms with Gasteiger partial charge in [0.15, 0.2) is 6.10 Å². The Morgan fingerprint density at radius 2 is 1.41 bits per heavy atom. The van der Waals surface area contributed by atoms with Crippen molar-refractivity contribution < 1.29 is 23.9 Å². The van der Waals surface area contributed by atoms with Crippen LogP contribution < -0.4 is 4.90 Å². The predicted octanol–water partition coefficient (Wildman–Crippen LogP) is 5.04. The van der Waals surface area contributed by atoms with Crippen molar-refractivity contribution in [1.82, 2.24) is 0 Å². The highest BCUT2D eigenvalue weighted by Gasteiger charge is 2.64. The third kappa shape index (κ3) is 3.88. The van der Waals surface area contributed by atoms with E-state index in [-0.39, 0.29) is 46.8 Å². The zero-order valence-corrected chi connectivity index (χ0v) is 20.4. The van der Waals surface area contributed by atoms with Gasteiger partial charge in [0.2, 0.25) is 17.6 Å². The molecule has 1 aliphatic heterocycles. The lowest BCUT2D eigenvalue weighted by Crippen LogP contribution is -2.33. The molecule has 0 spiro atoms. The first-order chi connectivity index (χ1) is 17.9. The number of ether oxygens (including phenoxy) is 1. The first-order valence-corrected chi connectivity index (χ1v) is 12.8. The summed E-state index contributed by atoms with van der Waals surface area (Å²) in [6.45, 7) is 1.54. The Labute approximate surface area is 215 Å². The number of carbonyl (C=O) groups is 4. The Bertz CT molecular complexity index is 1370. The monoisotopic (exact) mass is 493 g/mol. The second-order valence-corrected chi connectivity index (χ2v) is 10.3. The van der Waals surface area contributed by atoms with Crippen LogP contribution in [0.15, 0.2) is 84.9 Å². The van der Waals surface area contributed by atoms with Gasteiger partial charge in [-0.25, -0.2) is 4.79 Å². The van der Waals surface area contributed by atoms with E-state index in [0.29, 0.717) is 17.2 Å². The number of anilines is 1. The van der Waals surface area contributed by atoms with Gasteiger partial charge in [0.25, 0.3) is 0 Å². The molecule has 3 aliphatic rings. The summed E-state index contributed by atoms with van der Waals surface area (Å²) >= 11 is 0. The van der Waals surface area contributed by atoms with Crippen LogP contribution in [0.2, 0.25) is 0 Å². The normalized spacial score (nSPS) is 26.7. The van der Waals surface area contributed by atoms with Crippen LogP contribution in [0, 0.1) is 23.7 Å². The largest absolute Gasteiger partial charge is 0.451 e. The molecule has 2 bridgehead atoms. The van der Waals surface area contributed by atoms with E-state index in [9.17, 15) is 19.2 Å². The fourth-order valence-corrected chi connectivity index (χ4v) is 6.66. The van der Waals surface area contributed by atoms with E-state index in [1.165, 1.54) is 22.6 Å². The van der Waals surface area contributed by atoms with Gasteiger partial charge in [-0.15, -0.1) is 0 Å². The van der Waals surface area contributed by atoms with Crippen molar-refractivity contribution in [3.8, 4) is 0 Å². The number of nitrogens with zero attached hydrogens (tertiary/aromatic N) is 1. The second-order valence-electron chi connectivity index (χ2n) is 10.3. The number of esters is 1. The average molecular weight is 494 g/mol. The van der Waals surface area contributed by atoms with Crippen LogP contribution in [-0.2, 0) is 14.3 Å². The van der Waals surface area contributed by atoms with Crippen molar-refractivity contribution in [3.63, 3.8) is 0 Å². The van der Waals surface area contributed by atoms with E-state index in [1.54, 1.807) is 43.3 Å². The van der Waals surface area contributed by atoms with Crippen LogP contribution in [0.5, 0.6) is 0 Å². The smallest absolute Gasteiger partial charge is 0.338 e. The second kappa shape index (κ2) is 9.11. The Kier molecular flexibility index (Phi) is 5.75. The van der Waals surface area contributed by atoms with E-state index in [1.807, 2.05) is 24.3 Å². The van der Waals surface area contributed by atoms with E-state index in [2.05, 4.69) is 12.1 Å². The molecule has 1 saturated heterocycles. The molecule has 1 heterocycles. The molecule has 3 aromatic rings. The molecule has 0 aromatic heterocycles. The molecule has 186 valence electrons. The molecular weight excluding hydrogens is 466 g/mol. The van der Waals surface area contributed by atoms with Gasteiger partial charge in [-0.05, 0) is 67.3 Å². The number of rotatable bonds is 6. The van der Waals surface area contributed by atoms with Crippen molar-refractivity contribution >= 4 is 29.3 Å². The molecule has 0 unspecified atom stereocenters. The van der Waals surface area contributed by atoms with Gasteiger partial charge in [-0.2, -0.15) is 0 Å². The summed E-state index contributed by atoms with van der Waals surface area (Å²) < 4.78 is 5.38. The third-order valence-electron chi connectivity index (χ3n) is 8.32. The summed E-state index contributed by atoms with van der Waals surface area (Å²) in [5.41, 5.74) is 2.43. The standard InChI is InChI=1S/C31H27NO5/c1-18(28(33)20-10-6-3-7-11-20)37-31(36)21-12-14-23(15-13-21)32-29(34)26-22-16-24(19-8-4-2-5-9-19)25(17-22)27(26)30(32)35/h2-15,18,22,24-27H,16-17H2,1H3/t18-,22-,24+,25-,26+,27+/m1/s1. The van der Waals surface area contributed by atoms with Crippen molar-refractivity contribution in [1.29, 1.82) is 0 Å². The van der Waals surface area contributed by atoms with Crippen LogP contribution in [0.1, 0.15) is 52.0 Å². The lowest BCUT2D eigenvalue weighted by atomic mass is 9.73. The van der Waals surface area contributed by atoms with Crippen molar-refractivity contribution in [2.75, 3.05) is 4.90 Å². The van der Waals surface area contributed by atoms with Gasteiger partial charge in [0.05, 0.1) is 23.1 Å². The van der Waals surface area contributed by atoms with Crippen molar-refractivity contribution in [3.05, 3.63) is 102 Å². The molecule has 2 saturated carbocycles. The molecule has 6 nitrogen and oxygen atoms in total. The molecule has 37 heavy (non-hydrogen) atoms. The Hall–Kier alpha value is -4.06. The number of hydrogen-bond donors (Lipinski definition) is 0. The first kappa shape index (κ1) is 23.3. The van der Waals surface area contributed by atoms with Gasteiger partial charge in [-0.1, -0.05) is 60.7 Å². The quantitative estimate of drug-likeness (QED) is 0.273. The number of hydrogen-bond acceptors (Lipinski definition) is 5. The molecular formula is C31H27NO5. The SMILES string of the molecule is C[C@@H](OC(=O)c1ccc(N2C(=O)[C@H]3[C@H]4C[C@@H]([C@@H]3C2=O)[C@H](c2ccccc2)C4)cc1)C(=O)c1ccccc1. The first-order valence-electron chi connectivity index (χ1n) is 12.8. The minimum Gasteiger partial charge on any atom is -0.451 e. The number of imide groups is 1. The Morgan fingerprint density at radius 3 is 2.08 bits per heavy atom. The number of benzene rings is 3. The van der Waals surface area contributed by atoms with Gasteiger partial charge >= 0.3 is 5.97 Å². The summed E-state index contributed by atoms with van der Waals surface area (Å²) in [7, 11) is 0. The number of Topliss-reactive ketones (excluding diaryl/α,β-unsaturated/α-hetero) is 1. The maximum atomic E-state index is 13.5. The number of ketones is 1. The summed E-state index contributed by atoms with van der Waals surface area (Å²) in [4.78, 5) is 53.4. The number of fused-ring (bicyclic) bond motifs is 5.